The van der Waals surface area contributed by atoms with Crippen molar-refractivity contribution in [2.24, 2.45) is 5.73 Å². The standard InChI is InChI=1S/C12H24N2O2/c1-2-11-16-12(15)14-10-8-6-4-3-5-7-9-13/h2H,1,3-11,13H2,(H,14,15). The molecule has 3 N–H and O–H groups in total. The number of alkyl carbamates (subject to hydrolysis) is 1. The number of nitrogens with one attached hydrogen (secondary N) is 1. The summed E-state index contributed by atoms with van der Waals surface area (Å²) in [5.41, 5.74) is 5.40. The third-order valence-corrected chi connectivity index (χ3v) is 2.23. The lowest BCUT2D eigenvalue weighted by atomic mass is 10.1. The number of rotatable bonds is 10. The molecule has 94 valence electrons. The molecule has 0 aromatic heterocycles. The number of carbonyl (C=O) groups is 1. The van der Waals surface area contributed by atoms with Gasteiger partial charge in [0.25, 0.3) is 0 Å². The van der Waals surface area contributed by atoms with E-state index in [1.54, 1.807) is 6.08 Å². The molecule has 0 unspecified atom stereocenters. The average Bonchev–Trinajstić information content (AvgIpc) is 2.30. The summed E-state index contributed by atoms with van der Waals surface area (Å²) in [6.07, 6.45) is 8.12. The lowest BCUT2D eigenvalue weighted by Crippen LogP contribution is -2.25. The van der Waals surface area contributed by atoms with Gasteiger partial charge in [-0.25, -0.2) is 4.79 Å². The van der Waals surface area contributed by atoms with E-state index in [1.807, 2.05) is 0 Å². The van der Waals surface area contributed by atoms with Gasteiger partial charge in [0.05, 0.1) is 0 Å². The Labute approximate surface area is 98.2 Å². The van der Waals surface area contributed by atoms with E-state index in [9.17, 15) is 4.79 Å². The average molecular weight is 228 g/mol. The normalized spacial score (nSPS) is 9.81. The molecule has 1 amide bonds. The number of unbranched alkanes of at least 4 members (excludes halogenated alkanes) is 5. The van der Waals surface area contributed by atoms with E-state index in [1.165, 1.54) is 19.3 Å². The summed E-state index contributed by atoms with van der Waals surface area (Å²) in [6, 6.07) is 0. The molecule has 4 nitrogen and oxygen atoms in total. The zero-order valence-corrected chi connectivity index (χ0v) is 10.0. The maximum atomic E-state index is 11.0. The maximum Gasteiger partial charge on any atom is 0.407 e. The predicted molar refractivity (Wildman–Crippen MR) is 66.3 cm³/mol. The van der Waals surface area contributed by atoms with Crippen LogP contribution in [0.4, 0.5) is 4.79 Å². The number of nitrogens with two attached hydrogens (primary N) is 1. The van der Waals surface area contributed by atoms with Crippen LogP contribution in [0.5, 0.6) is 0 Å². The SMILES string of the molecule is C=CCOC(=O)NCCCCCCCCN. The molecule has 0 rings (SSSR count). The predicted octanol–water partition coefficient (Wildman–Crippen LogP) is 2.20. The fourth-order valence-electron chi connectivity index (χ4n) is 1.35. The second-order valence-electron chi connectivity index (χ2n) is 3.72. The van der Waals surface area contributed by atoms with Gasteiger partial charge in [-0.05, 0) is 19.4 Å². The molecule has 0 aliphatic heterocycles. The highest BCUT2D eigenvalue weighted by Gasteiger charge is 1.98. The lowest BCUT2D eigenvalue weighted by molar-refractivity contribution is 0.158. The van der Waals surface area contributed by atoms with Crippen LogP contribution in [0.15, 0.2) is 12.7 Å². The molecule has 0 saturated heterocycles. The molecular weight excluding hydrogens is 204 g/mol. The minimum Gasteiger partial charge on any atom is -0.445 e. The summed E-state index contributed by atoms with van der Waals surface area (Å²) in [4.78, 5) is 11.0. The fraction of sp³-hybridized carbons (Fsp3) is 0.750. The van der Waals surface area contributed by atoms with Crippen molar-refractivity contribution in [3.05, 3.63) is 12.7 Å². The van der Waals surface area contributed by atoms with E-state index in [-0.39, 0.29) is 12.7 Å². The van der Waals surface area contributed by atoms with Gasteiger partial charge in [-0.1, -0.05) is 38.3 Å². The van der Waals surface area contributed by atoms with Crippen LogP contribution in [0.25, 0.3) is 0 Å². The monoisotopic (exact) mass is 228 g/mol. The van der Waals surface area contributed by atoms with Gasteiger partial charge in [0.15, 0.2) is 0 Å². The zero-order chi connectivity index (χ0) is 12.1. The summed E-state index contributed by atoms with van der Waals surface area (Å²) in [7, 11) is 0. The largest absolute Gasteiger partial charge is 0.445 e. The minimum atomic E-state index is -0.358. The van der Waals surface area contributed by atoms with Gasteiger partial charge in [0, 0.05) is 6.54 Å². The Morgan fingerprint density at radius 1 is 1.19 bits per heavy atom. The van der Waals surface area contributed by atoms with Crippen LogP contribution in [0.1, 0.15) is 38.5 Å². The van der Waals surface area contributed by atoms with Crippen LogP contribution in [-0.2, 0) is 4.74 Å². The van der Waals surface area contributed by atoms with E-state index in [4.69, 9.17) is 10.5 Å². The highest BCUT2D eigenvalue weighted by atomic mass is 16.5. The summed E-state index contributed by atoms with van der Waals surface area (Å²) in [5.74, 6) is 0. The summed E-state index contributed by atoms with van der Waals surface area (Å²) < 4.78 is 4.77. The summed E-state index contributed by atoms with van der Waals surface area (Å²) >= 11 is 0. The summed E-state index contributed by atoms with van der Waals surface area (Å²) in [6.45, 7) is 5.21. The zero-order valence-electron chi connectivity index (χ0n) is 10.0. The number of amides is 1. The third kappa shape index (κ3) is 11.0. The third-order valence-electron chi connectivity index (χ3n) is 2.23. The Kier molecular flexibility index (Phi) is 11.3. The van der Waals surface area contributed by atoms with E-state index < -0.39 is 0 Å². The molecule has 4 heteroatoms. The molecule has 16 heavy (non-hydrogen) atoms. The van der Waals surface area contributed by atoms with Crippen LogP contribution in [0, 0.1) is 0 Å². The Bertz CT molecular complexity index is 184. The van der Waals surface area contributed by atoms with Crippen LogP contribution in [0.2, 0.25) is 0 Å². The molecular formula is C12H24N2O2. The Balaban J connectivity index is 3.08. The quantitative estimate of drug-likeness (QED) is 0.445. The molecule has 0 aromatic carbocycles. The highest BCUT2D eigenvalue weighted by molar-refractivity contribution is 5.67. The number of carbonyl (C=O) groups excluding carboxylic acids is 1. The Morgan fingerprint density at radius 2 is 1.81 bits per heavy atom. The van der Waals surface area contributed by atoms with Gasteiger partial charge in [-0.2, -0.15) is 0 Å². The molecule has 0 spiro atoms. The van der Waals surface area contributed by atoms with Gasteiger partial charge >= 0.3 is 6.09 Å². The van der Waals surface area contributed by atoms with Crippen molar-refractivity contribution < 1.29 is 9.53 Å². The molecule has 0 aliphatic carbocycles. The molecule has 0 saturated carbocycles. The van der Waals surface area contributed by atoms with E-state index in [2.05, 4.69) is 11.9 Å². The highest BCUT2D eigenvalue weighted by Crippen LogP contribution is 2.03. The van der Waals surface area contributed by atoms with Crippen LogP contribution in [0.3, 0.4) is 0 Å². The van der Waals surface area contributed by atoms with Crippen molar-refractivity contribution in [2.75, 3.05) is 19.7 Å². The van der Waals surface area contributed by atoms with Crippen molar-refractivity contribution in [1.29, 1.82) is 0 Å². The van der Waals surface area contributed by atoms with Crippen molar-refractivity contribution in [3.8, 4) is 0 Å². The first-order valence-corrected chi connectivity index (χ1v) is 6.03. The first-order chi connectivity index (χ1) is 7.81. The van der Waals surface area contributed by atoms with Gasteiger partial charge in [0.1, 0.15) is 6.61 Å². The minimum absolute atomic E-state index is 0.269. The van der Waals surface area contributed by atoms with Crippen LogP contribution in [-0.4, -0.2) is 25.8 Å². The molecule has 0 aliphatic rings. The number of ether oxygens (including phenoxy) is 1. The molecule has 0 bridgehead atoms. The topological polar surface area (TPSA) is 64.3 Å². The van der Waals surface area contributed by atoms with E-state index >= 15 is 0 Å². The Hall–Kier alpha value is -1.03. The van der Waals surface area contributed by atoms with Gasteiger partial charge < -0.3 is 15.8 Å². The number of hydrogen-bond acceptors (Lipinski definition) is 3. The second-order valence-corrected chi connectivity index (χ2v) is 3.72. The van der Waals surface area contributed by atoms with Gasteiger partial charge in [0.2, 0.25) is 0 Å². The van der Waals surface area contributed by atoms with Gasteiger partial charge in [-0.3, -0.25) is 0 Å². The molecule has 0 fully saturated rings. The lowest BCUT2D eigenvalue weighted by Gasteiger charge is -2.05. The first-order valence-electron chi connectivity index (χ1n) is 6.03. The van der Waals surface area contributed by atoms with E-state index in [0.717, 1.165) is 25.8 Å². The second kappa shape index (κ2) is 12.0. The molecule has 0 atom stereocenters. The van der Waals surface area contributed by atoms with Crippen LogP contribution < -0.4 is 11.1 Å². The molecule has 0 heterocycles. The van der Waals surface area contributed by atoms with Crippen molar-refractivity contribution in [3.63, 3.8) is 0 Å². The van der Waals surface area contributed by atoms with Crippen LogP contribution >= 0.6 is 0 Å². The molecule has 0 radical (unpaired) electrons. The van der Waals surface area contributed by atoms with Gasteiger partial charge in [-0.15, -0.1) is 0 Å². The first kappa shape index (κ1) is 15.0. The van der Waals surface area contributed by atoms with Crippen molar-refractivity contribution in [2.45, 2.75) is 38.5 Å². The van der Waals surface area contributed by atoms with E-state index in [0.29, 0.717) is 6.54 Å². The van der Waals surface area contributed by atoms with Crippen molar-refractivity contribution in [1.82, 2.24) is 5.32 Å². The van der Waals surface area contributed by atoms with Crippen molar-refractivity contribution >= 4 is 6.09 Å². The maximum absolute atomic E-state index is 11.0. The number of hydrogen-bond donors (Lipinski definition) is 2. The molecule has 0 aromatic rings. The fourth-order valence-corrected chi connectivity index (χ4v) is 1.35. The Morgan fingerprint density at radius 3 is 2.44 bits per heavy atom. The smallest absolute Gasteiger partial charge is 0.407 e. The summed E-state index contributed by atoms with van der Waals surface area (Å²) in [5, 5.41) is 2.69.